The van der Waals surface area contributed by atoms with Gasteiger partial charge in [0.1, 0.15) is 0 Å². The Labute approximate surface area is 369 Å². The zero-order chi connectivity index (χ0) is 41.0. The smallest absolute Gasteiger partial charge is 2.00 e. The van der Waals surface area contributed by atoms with E-state index in [9.17, 15) is 44.4 Å². The average molecular weight is 898 g/mol. The van der Waals surface area contributed by atoms with Gasteiger partial charge in [-0.05, 0) is 55.7 Å². The molecule has 0 rings (SSSR count). The first-order valence-corrected chi connectivity index (χ1v) is 24.6. The minimum Gasteiger partial charge on any atom is 2.00 e. The fraction of sp³-hybridized carbons (Fsp3) is 0.786. The van der Waals surface area contributed by atoms with Crippen molar-refractivity contribution >= 4 is 88.7 Å². The minimum absolute atomic E-state index is 0. The van der Waals surface area contributed by atoms with E-state index in [-0.39, 0.29) is 89.3 Å². The minimum atomic E-state index is -1.50. The second-order valence-corrected chi connectivity index (χ2v) is 17.6. The number of carbonyl (C=O) groups is 5. The van der Waals surface area contributed by atoms with Crippen LogP contribution < -0.4 is 20.4 Å². The summed E-state index contributed by atoms with van der Waals surface area (Å²) in [5, 5.41) is 49.1. The number of hydrogen-bond donors (Lipinski definition) is 1. The number of unbranched alkanes of at least 4 members (excludes halogenated alkanes) is 18. The van der Waals surface area contributed by atoms with Gasteiger partial charge in [0.05, 0.1) is 17.9 Å². The zero-order valence-electron chi connectivity index (χ0n) is 34.8. The zero-order valence-corrected chi connectivity index (χ0v) is 39.8. The van der Waals surface area contributed by atoms with Gasteiger partial charge in [0.2, 0.25) is 0 Å². The quantitative estimate of drug-likeness (QED) is 0.0456. The predicted molar refractivity (Wildman–Crippen MR) is 213 cm³/mol. The fourth-order valence-corrected chi connectivity index (χ4v) is 9.02. The van der Waals surface area contributed by atoms with E-state index in [1.807, 2.05) is 13.8 Å². The molecule has 0 amide bonds. The maximum atomic E-state index is 10.3. The molecule has 308 valence electrons. The fourth-order valence-electron chi connectivity index (χ4n) is 4.86. The van der Waals surface area contributed by atoms with Crippen LogP contribution in [-0.4, -0.2) is 93.8 Å². The normalized spacial score (nSPS) is 10.5. The van der Waals surface area contributed by atoms with Crippen LogP contribution in [0.5, 0.6) is 0 Å². The molecular weight excluding hydrogens is 823 g/mol. The summed E-state index contributed by atoms with van der Waals surface area (Å²) < 4.78 is 3.25. The average Bonchev–Trinajstić information content (AvgIpc) is 3.10. The van der Waals surface area contributed by atoms with Crippen LogP contribution in [0.4, 0.5) is 0 Å². The summed E-state index contributed by atoms with van der Waals surface area (Å²) in [7, 11) is 0. The Morgan fingerprint density at radius 3 is 1.04 bits per heavy atom. The Hall–Kier alpha value is -1.11. The predicted octanol–water partition coefficient (Wildman–Crippen LogP) is 6.28. The van der Waals surface area contributed by atoms with Crippen molar-refractivity contribution in [3.8, 4) is 0 Å². The molecule has 0 aromatic heterocycles. The van der Waals surface area contributed by atoms with Crippen molar-refractivity contribution in [3.63, 3.8) is 0 Å². The second-order valence-electron chi connectivity index (χ2n) is 13.3. The molecule has 12 heteroatoms. The number of carboxylic acid groups (broad SMARTS) is 5. The number of carbonyl (C=O) groups excluding carboxylic acids is 4. The van der Waals surface area contributed by atoms with Gasteiger partial charge in [0.15, 0.2) is 0 Å². The standard InChI is InChI=1S/C18H36O2.2C8H12O4.2C4H9.Ca.Sn/c1-2-3-4-5-6-7-8-9-10-11-12-13-14-15-16-17-18(19)20;2*1-2-3-4-6(8(11)12)5-7(9)10;2*1-3-4-2;;/h2-17H2,1H3,(H,19,20);2*5H,2-4H2,1H3,(H,9,10)(H,11,12);2*1,3-4H2,2H3;;/q;;;;;2*+2/p-4/b;2*6-5-;;;;. The Morgan fingerprint density at radius 1 is 0.444 bits per heavy atom. The third kappa shape index (κ3) is 60.1. The number of carboxylic acids is 5. The topological polar surface area (TPSA) is 198 Å². The first-order valence-electron chi connectivity index (χ1n) is 20.5. The van der Waals surface area contributed by atoms with Crippen LogP contribution in [-0.2, 0) is 24.0 Å². The van der Waals surface area contributed by atoms with Crippen LogP contribution in [0.3, 0.4) is 0 Å². The van der Waals surface area contributed by atoms with Crippen LogP contribution in [0.15, 0.2) is 23.3 Å². The van der Waals surface area contributed by atoms with Crippen molar-refractivity contribution < 1.29 is 49.5 Å². The van der Waals surface area contributed by atoms with Crippen molar-refractivity contribution in [2.75, 3.05) is 0 Å². The first-order chi connectivity index (χ1) is 25.3. The Morgan fingerprint density at radius 2 is 0.759 bits per heavy atom. The van der Waals surface area contributed by atoms with E-state index in [1.165, 1.54) is 109 Å². The van der Waals surface area contributed by atoms with Gasteiger partial charge in [-0.25, -0.2) is 4.79 Å². The van der Waals surface area contributed by atoms with E-state index in [0.717, 1.165) is 25.7 Å². The molecule has 0 aliphatic heterocycles. The van der Waals surface area contributed by atoms with E-state index < -0.39 is 29.8 Å². The van der Waals surface area contributed by atoms with Crippen molar-refractivity contribution in [1.82, 2.24) is 0 Å². The summed E-state index contributed by atoms with van der Waals surface area (Å²) in [5.74, 6) is -6.48. The molecule has 0 unspecified atom stereocenters. The van der Waals surface area contributed by atoms with Crippen molar-refractivity contribution in [3.05, 3.63) is 23.3 Å². The third-order valence-corrected chi connectivity index (χ3v) is 12.1. The van der Waals surface area contributed by atoms with Gasteiger partial charge in [-0.2, -0.15) is 0 Å². The van der Waals surface area contributed by atoms with E-state index in [2.05, 4.69) is 20.8 Å². The summed E-state index contributed by atoms with van der Waals surface area (Å²) in [6.07, 6.45) is 30.3. The van der Waals surface area contributed by atoms with Gasteiger partial charge < -0.3 is 44.7 Å². The molecule has 0 fully saturated rings. The van der Waals surface area contributed by atoms with Gasteiger partial charge in [0, 0.05) is 12.0 Å². The largest absolute Gasteiger partial charge is 2.00 e. The van der Waals surface area contributed by atoms with Crippen molar-refractivity contribution in [2.45, 2.75) is 210 Å². The number of rotatable bonds is 32. The van der Waals surface area contributed by atoms with Crippen molar-refractivity contribution in [2.24, 2.45) is 0 Å². The van der Waals surface area contributed by atoms with Crippen LogP contribution in [0.25, 0.3) is 0 Å². The molecule has 54 heavy (non-hydrogen) atoms. The Kier molecular flexibility index (Phi) is 59.7. The summed E-state index contributed by atoms with van der Waals surface area (Å²) >= 11 is 0.149. The van der Waals surface area contributed by atoms with E-state index >= 15 is 0 Å². The Balaban J connectivity index is -0.000000206. The summed E-state index contributed by atoms with van der Waals surface area (Å²) in [6.45, 7) is 10.6. The van der Waals surface area contributed by atoms with E-state index in [1.54, 1.807) is 8.87 Å². The molecular formula is C42H74CaO10Sn. The molecule has 1 N–H and O–H groups in total. The molecule has 0 aliphatic carbocycles. The molecule has 0 spiro atoms. The second kappa shape index (κ2) is 51.9. The summed E-state index contributed by atoms with van der Waals surface area (Å²) in [4.78, 5) is 50.9. The summed E-state index contributed by atoms with van der Waals surface area (Å²) in [5.41, 5.74) is -0.360. The summed E-state index contributed by atoms with van der Waals surface area (Å²) in [6, 6.07) is 0. The molecule has 0 heterocycles. The number of aliphatic carboxylic acids is 5. The maximum absolute atomic E-state index is 10.3. The van der Waals surface area contributed by atoms with Gasteiger partial charge in [-0.1, -0.05) is 124 Å². The van der Waals surface area contributed by atoms with E-state index in [4.69, 9.17) is 5.11 Å². The molecule has 0 aromatic carbocycles. The molecule has 0 aliphatic rings. The molecule has 10 nitrogen and oxygen atoms in total. The molecule has 0 radical (unpaired) electrons. The molecule has 0 aromatic rings. The number of hydrogen-bond acceptors (Lipinski definition) is 9. The molecule has 0 saturated heterocycles. The monoisotopic (exact) mass is 898 g/mol. The van der Waals surface area contributed by atoms with Crippen LogP contribution >= 0.6 is 0 Å². The van der Waals surface area contributed by atoms with Gasteiger partial charge in [-0.3, -0.25) is 0 Å². The van der Waals surface area contributed by atoms with Crippen LogP contribution in [0, 0.1) is 0 Å². The molecule has 0 atom stereocenters. The van der Waals surface area contributed by atoms with Crippen LogP contribution in [0.1, 0.15) is 202 Å². The van der Waals surface area contributed by atoms with E-state index in [0.29, 0.717) is 25.0 Å². The molecule has 0 saturated carbocycles. The molecule has 0 bridgehead atoms. The Bertz CT molecular complexity index is 901. The maximum Gasteiger partial charge on any atom is 2.00 e. The third-order valence-electron chi connectivity index (χ3n) is 8.11. The van der Waals surface area contributed by atoms with Crippen LogP contribution in [0.2, 0.25) is 8.87 Å². The van der Waals surface area contributed by atoms with Gasteiger partial charge >= 0.3 is 113 Å². The SMILES string of the molecule is CCCC/C(=C/C(=O)O)C(=O)[O-].CCCC/C(=C/C(=O)[O-])C(=O)[O-].CCCCCCCCCCCCCCCCCC(=O)[O-].CCC[CH2][Sn+2][CH2]CCC.[Ca+2]. The van der Waals surface area contributed by atoms with Gasteiger partial charge in [0.25, 0.3) is 0 Å². The van der Waals surface area contributed by atoms with Gasteiger partial charge in [-0.15, -0.1) is 0 Å². The first kappa shape index (κ1) is 62.1. The van der Waals surface area contributed by atoms with Crippen molar-refractivity contribution in [1.29, 1.82) is 0 Å².